The van der Waals surface area contributed by atoms with Gasteiger partial charge in [-0.25, -0.2) is 0 Å². The van der Waals surface area contributed by atoms with Crippen LogP contribution in [-0.2, 0) is 0 Å². The molecule has 1 aliphatic heterocycles. The van der Waals surface area contributed by atoms with Crippen LogP contribution >= 0.6 is 12.4 Å². The Hall–Kier alpha value is -2.11. The van der Waals surface area contributed by atoms with Crippen LogP contribution < -0.4 is 10.1 Å². The van der Waals surface area contributed by atoms with Crippen LogP contribution in [0.4, 0.5) is 5.69 Å². The Balaban J connectivity index is 0.00000192. The number of non-ortho nitro benzene ring substituents is 1. The molecule has 0 aliphatic carbocycles. The molecule has 2 atom stereocenters. The summed E-state index contributed by atoms with van der Waals surface area (Å²) in [5, 5.41) is 14.1. The Bertz CT molecular complexity index is 634. The summed E-state index contributed by atoms with van der Waals surface area (Å²) < 4.78 is 6.09. The lowest BCUT2D eigenvalue weighted by Crippen LogP contribution is -2.41. The van der Waals surface area contributed by atoms with Gasteiger partial charge in [0.15, 0.2) is 0 Å². The molecule has 3 rings (SSSR count). The molecule has 5 nitrogen and oxygen atoms in total. The quantitative estimate of drug-likeness (QED) is 0.686. The minimum Gasteiger partial charge on any atom is -0.490 e. The van der Waals surface area contributed by atoms with Crippen LogP contribution in [0.3, 0.4) is 0 Å². The molecule has 2 aromatic rings. The van der Waals surface area contributed by atoms with Crippen molar-refractivity contribution in [2.75, 3.05) is 13.1 Å². The minimum absolute atomic E-state index is 0. The molecule has 0 spiro atoms. The van der Waals surface area contributed by atoms with Crippen LogP contribution in [0.5, 0.6) is 5.75 Å². The molecule has 2 aromatic carbocycles. The number of piperidine rings is 1. The molecule has 1 N–H and O–H groups in total. The Morgan fingerprint density at radius 3 is 2.43 bits per heavy atom. The monoisotopic (exact) mass is 334 g/mol. The number of nitrogens with zero attached hydrogens (tertiary/aromatic N) is 1. The fourth-order valence-electron chi connectivity index (χ4n) is 2.83. The highest BCUT2D eigenvalue weighted by molar-refractivity contribution is 5.85. The zero-order valence-electron chi connectivity index (χ0n) is 12.6. The van der Waals surface area contributed by atoms with Gasteiger partial charge in [-0.3, -0.25) is 10.1 Å². The number of ether oxygens (including phenoxy) is 1. The summed E-state index contributed by atoms with van der Waals surface area (Å²) >= 11 is 0. The lowest BCUT2D eigenvalue weighted by molar-refractivity contribution is -0.384. The normalized spacial score (nSPS) is 20.3. The maximum absolute atomic E-state index is 10.7. The predicted molar refractivity (Wildman–Crippen MR) is 91.4 cm³/mol. The number of nitro groups is 1. The van der Waals surface area contributed by atoms with E-state index in [4.69, 9.17) is 4.74 Å². The van der Waals surface area contributed by atoms with Gasteiger partial charge in [0.25, 0.3) is 5.69 Å². The maximum Gasteiger partial charge on any atom is 0.269 e. The largest absolute Gasteiger partial charge is 0.490 e. The highest BCUT2D eigenvalue weighted by Gasteiger charge is 2.28. The minimum atomic E-state index is -0.402. The van der Waals surface area contributed by atoms with Crippen molar-refractivity contribution in [1.29, 1.82) is 0 Å². The van der Waals surface area contributed by atoms with E-state index in [1.54, 1.807) is 12.1 Å². The molecule has 6 heteroatoms. The van der Waals surface area contributed by atoms with Crippen molar-refractivity contribution < 1.29 is 9.66 Å². The molecule has 0 radical (unpaired) electrons. The Morgan fingerprint density at radius 2 is 1.78 bits per heavy atom. The summed E-state index contributed by atoms with van der Waals surface area (Å²) in [4.78, 5) is 10.3. The Labute approximate surface area is 141 Å². The van der Waals surface area contributed by atoms with E-state index in [-0.39, 0.29) is 30.1 Å². The van der Waals surface area contributed by atoms with Crippen molar-refractivity contribution in [2.45, 2.75) is 18.4 Å². The van der Waals surface area contributed by atoms with Crippen LogP contribution in [0, 0.1) is 10.1 Å². The number of hydrogen-bond donors (Lipinski definition) is 1. The maximum atomic E-state index is 10.7. The average Bonchev–Trinajstić information content (AvgIpc) is 2.57. The van der Waals surface area contributed by atoms with Gasteiger partial charge in [0.1, 0.15) is 11.9 Å². The number of hydrogen-bond acceptors (Lipinski definition) is 4. The Morgan fingerprint density at radius 1 is 1.09 bits per heavy atom. The van der Waals surface area contributed by atoms with Crippen LogP contribution in [0.25, 0.3) is 0 Å². The van der Waals surface area contributed by atoms with E-state index < -0.39 is 4.92 Å². The van der Waals surface area contributed by atoms with Gasteiger partial charge >= 0.3 is 0 Å². The summed E-state index contributed by atoms with van der Waals surface area (Å²) in [6.07, 6.45) is 0.987. The molecule has 1 aliphatic rings. The fraction of sp³-hybridized carbons (Fsp3) is 0.294. The van der Waals surface area contributed by atoms with Crippen molar-refractivity contribution in [3.05, 3.63) is 70.3 Å². The van der Waals surface area contributed by atoms with Gasteiger partial charge in [-0.05, 0) is 30.7 Å². The van der Waals surface area contributed by atoms with E-state index in [1.807, 2.05) is 18.2 Å². The fourth-order valence-corrected chi connectivity index (χ4v) is 2.83. The Kier molecular flexibility index (Phi) is 5.96. The molecule has 0 bridgehead atoms. The van der Waals surface area contributed by atoms with E-state index >= 15 is 0 Å². The molecule has 1 fully saturated rings. The van der Waals surface area contributed by atoms with Gasteiger partial charge < -0.3 is 10.1 Å². The summed E-state index contributed by atoms with van der Waals surface area (Å²) in [7, 11) is 0. The van der Waals surface area contributed by atoms with E-state index in [0.29, 0.717) is 5.75 Å². The number of nitro benzene ring substituents is 1. The number of halogens is 1. The van der Waals surface area contributed by atoms with Gasteiger partial charge in [-0.1, -0.05) is 30.3 Å². The van der Waals surface area contributed by atoms with Crippen molar-refractivity contribution in [3.63, 3.8) is 0 Å². The van der Waals surface area contributed by atoms with Crippen molar-refractivity contribution in [1.82, 2.24) is 5.32 Å². The predicted octanol–water partition coefficient (Wildman–Crippen LogP) is 3.54. The zero-order chi connectivity index (χ0) is 15.4. The van der Waals surface area contributed by atoms with Crippen LogP contribution in [0.15, 0.2) is 54.6 Å². The van der Waals surface area contributed by atoms with E-state index in [2.05, 4.69) is 17.4 Å². The first-order valence-electron chi connectivity index (χ1n) is 7.41. The smallest absolute Gasteiger partial charge is 0.269 e. The topological polar surface area (TPSA) is 64.4 Å². The second kappa shape index (κ2) is 7.94. The number of benzene rings is 2. The number of nitrogens with one attached hydrogen (secondary N) is 1. The highest BCUT2D eigenvalue weighted by Crippen LogP contribution is 2.28. The molecule has 1 saturated heterocycles. The van der Waals surface area contributed by atoms with Crippen molar-refractivity contribution in [3.8, 4) is 5.75 Å². The van der Waals surface area contributed by atoms with E-state index in [1.165, 1.54) is 17.7 Å². The van der Waals surface area contributed by atoms with Gasteiger partial charge in [-0.15, -0.1) is 12.4 Å². The van der Waals surface area contributed by atoms with Gasteiger partial charge in [-0.2, -0.15) is 0 Å². The molecular weight excluding hydrogens is 316 g/mol. The molecular formula is C17H19ClN2O3. The lowest BCUT2D eigenvalue weighted by Gasteiger charge is -2.32. The average molecular weight is 335 g/mol. The van der Waals surface area contributed by atoms with Crippen LogP contribution in [0.2, 0.25) is 0 Å². The summed E-state index contributed by atoms with van der Waals surface area (Å²) in [5.41, 5.74) is 1.33. The van der Waals surface area contributed by atoms with Crippen molar-refractivity contribution in [2.24, 2.45) is 0 Å². The molecule has 0 aromatic heterocycles. The van der Waals surface area contributed by atoms with Crippen LogP contribution in [-0.4, -0.2) is 24.1 Å². The molecule has 23 heavy (non-hydrogen) atoms. The van der Waals surface area contributed by atoms with E-state index in [9.17, 15) is 10.1 Å². The molecule has 1 heterocycles. The van der Waals surface area contributed by atoms with E-state index in [0.717, 1.165) is 19.5 Å². The molecule has 122 valence electrons. The van der Waals surface area contributed by atoms with Gasteiger partial charge in [0.05, 0.1) is 4.92 Å². The third-order valence-electron chi connectivity index (χ3n) is 3.98. The summed E-state index contributed by atoms with van der Waals surface area (Å²) in [5.74, 6) is 0.962. The first-order valence-corrected chi connectivity index (χ1v) is 7.41. The second-order valence-corrected chi connectivity index (χ2v) is 5.42. The first-order chi connectivity index (χ1) is 10.7. The molecule has 0 unspecified atom stereocenters. The third kappa shape index (κ3) is 4.21. The lowest BCUT2D eigenvalue weighted by atomic mass is 9.89. The zero-order valence-corrected chi connectivity index (χ0v) is 13.4. The highest BCUT2D eigenvalue weighted by atomic mass is 35.5. The second-order valence-electron chi connectivity index (χ2n) is 5.42. The number of rotatable bonds is 4. The van der Waals surface area contributed by atoms with Crippen LogP contribution in [0.1, 0.15) is 17.9 Å². The molecule has 0 saturated carbocycles. The summed E-state index contributed by atoms with van der Waals surface area (Å²) in [6.45, 7) is 1.79. The first kappa shape index (κ1) is 17.2. The van der Waals surface area contributed by atoms with Gasteiger partial charge in [0, 0.05) is 24.6 Å². The van der Waals surface area contributed by atoms with Crippen molar-refractivity contribution >= 4 is 18.1 Å². The SMILES string of the molecule is Cl.O=[N+]([O-])c1ccc(O[C@@H]2CCNC[C@@H]2c2ccccc2)cc1. The summed E-state index contributed by atoms with van der Waals surface area (Å²) in [6, 6.07) is 16.6. The van der Waals surface area contributed by atoms with Gasteiger partial charge in [0.2, 0.25) is 0 Å². The third-order valence-corrected chi connectivity index (χ3v) is 3.98. The standard InChI is InChI=1S/C17H18N2O3.ClH/c20-19(21)14-6-8-15(9-7-14)22-17-10-11-18-12-16(17)13-4-2-1-3-5-13;/h1-9,16-18H,10-12H2;1H/t16-,17-;/m1./s1. The molecule has 0 amide bonds.